The van der Waals surface area contributed by atoms with Crippen molar-refractivity contribution in [2.45, 2.75) is 6.54 Å². The van der Waals surface area contributed by atoms with Crippen LogP contribution >= 0.6 is 0 Å². The molecule has 0 saturated carbocycles. The summed E-state index contributed by atoms with van der Waals surface area (Å²) in [6.07, 6.45) is 1.49. The van der Waals surface area contributed by atoms with Crippen LogP contribution < -0.4 is 10.9 Å². The Morgan fingerprint density at radius 2 is 2.09 bits per heavy atom. The lowest BCUT2D eigenvalue weighted by atomic mass is 10.3. The van der Waals surface area contributed by atoms with Crippen molar-refractivity contribution < 1.29 is 13.6 Å². The second-order valence-electron chi connectivity index (χ2n) is 4.75. The van der Waals surface area contributed by atoms with Gasteiger partial charge < -0.3 is 9.73 Å². The van der Waals surface area contributed by atoms with E-state index >= 15 is 0 Å². The minimum Gasteiger partial charge on any atom is -0.463 e. The molecule has 0 bridgehead atoms. The third kappa shape index (κ3) is 3.52. The number of carbonyl (C=O) groups is 1. The normalized spacial score (nSPS) is 10.5. The molecule has 2 aromatic heterocycles. The predicted molar refractivity (Wildman–Crippen MR) is 81.2 cm³/mol. The van der Waals surface area contributed by atoms with Gasteiger partial charge in [0, 0.05) is 11.8 Å². The van der Waals surface area contributed by atoms with Gasteiger partial charge in [-0.25, -0.2) is 9.07 Å². The van der Waals surface area contributed by atoms with Crippen LogP contribution in [0.1, 0.15) is 0 Å². The van der Waals surface area contributed by atoms with E-state index in [1.165, 1.54) is 36.6 Å². The van der Waals surface area contributed by atoms with Gasteiger partial charge in [-0.1, -0.05) is 6.07 Å². The lowest BCUT2D eigenvalue weighted by molar-refractivity contribution is -0.117. The summed E-state index contributed by atoms with van der Waals surface area (Å²) < 4.78 is 19.3. The maximum Gasteiger partial charge on any atom is 0.267 e. The van der Waals surface area contributed by atoms with Crippen LogP contribution in [0.3, 0.4) is 0 Å². The predicted octanol–water partition coefficient (Wildman–Crippen LogP) is 2.28. The monoisotopic (exact) mass is 313 g/mol. The van der Waals surface area contributed by atoms with Crippen molar-refractivity contribution in [2.75, 3.05) is 5.32 Å². The summed E-state index contributed by atoms with van der Waals surface area (Å²) in [5.41, 5.74) is 0.327. The lowest BCUT2D eigenvalue weighted by Gasteiger charge is -2.07. The largest absolute Gasteiger partial charge is 0.463 e. The van der Waals surface area contributed by atoms with E-state index in [9.17, 15) is 14.0 Å². The zero-order valence-corrected chi connectivity index (χ0v) is 11.9. The number of furan rings is 1. The molecule has 0 aliphatic carbocycles. The van der Waals surface area contributed by atoms with E-state index < -0.39 is 17.3 Å². The summed E-state index contributed by atoms with van der Waals surface area (Å²) >= 11 is 0. The number of aromatic nitrogens is 2. The smallest absolute Gasteiger partial charge is 0.267 e. The van der Waals surface area contributed by atoms with E-state index in [1.54, 1.807) is 18.2 Å². The van der Waals surface area contributed by atoms with Crippen molar-refractivity contribution in [3.63, 3.8) is 0 Å². The topological polar surface area (TPSA) is 77.1 Å². The standard InChI is InChI=1S/C16H12FN3O3/c17-11-3-1-4-12(9-11)18-15(21)10-20-16(22)7-6-13(19-20)14-5-2-8-23-14/h1-9H,10H2,(H,18,21). The molecule has 23 heavy (non-hydrogen) atoms. The molecule has 0 unspecified atom stereocenters. The van der Waals surface area contributed by atoms with Crippen LogP contribution in [0.25, 0.3) is 11.5 Å². The molecule has 0 saturated heterocycles. The van der Waals surface area contributed by atoms with Crippen molar-refractivity contribution >= 4 is 11.6 Å². The van der Waals surface area contributed by atoms with Crippen molar-refractivity contribution in [3.8, 4) is 11.5 Å². The fraction of sp³-hybridized carbons (Fsp3) is 0.0625. The van der Waals surface area contributed by atoms with Crippen molar-refractivity contribution in [3.05, 3.63) is 71.0 Å². The highest BCUT2D eigenvalue weighted by Gasteiger charge is 2.09. The summed E-state index contributed by atoms with van der Waals surface area (Å²) in [5.74, 6) is -0.455. The zero-order valence-electron chi connectivity index (χ0n) is 11.9. The van der Waals surface area contributed by atoms with Crippen LogP contribution in [0, 0.1) is 5.82 Å². The van der Waals surface area contributed by atoms with Gasteiger partial charge in [-0.15, -0.1) is 0 Å². The summed E-state index contributed by atoms with van der Waals surface area (Å²) in [4.78, 5) is 23.8. The molecule has 0 radical (unpaired) electrons. The van der Waals surface area contributed by atoms with Gasteiger partial charge in [0.05, 0.1) is 6.26 Å². The van der Waals surface area contributed by atoms with Gasteiger partial charge in [-0.2, -0.15) is 5.10 Å². The SMILES string of the molecule is O=C(Cn1nc(-c2ccco2)ccc1=O)Nc1cccc(F)c1. The van der Waals surface area contributed by atoms with Crippen molar-refractivity contribution in [1.29, 1.82) is 0 Å². The molecule has 1 N–H and O–H groups in total. The number of halogens is 1. The molecule has 0 spiro atoms. The first-order chi connectivity index (χ1) is 11.1. The van der Waals surface area contributed by atoms with Gasteiger partial charge in [0.15, 0.2) is 5.76 Å². The zero-order chi connectivity index (χ0) is 16.2. The molecule has 7 heteroatoms. The Bertz CT molecular complexity index is 888. The van der Waals surface area contributed by atoms with Gasteiger partial charge >= 0.3 is 0 Å². The van der Waals surface area contributed by atoms with Crippen LogP contribution in [-0.4, -0.2) is 15.7 Å². The molecule has 1 amide bonds. The molecule has 3 rings (SSSR count). The molecule has 0 atom stereocenters. The molecule has 2 heterocycles. The fourth-order valence-electron chi connectivity index (χ4n) is 2.02. The molecular formula is C16H12FN3O3. The van der Waals surface area contributed by atoms with Gasteiger partial charge in [0.2, 0.25) is 5.91 Å². The molecule has 0 aliphatic heterocycles. The minimum absolute atomic E-state index is 0.288. The number of benzene rings is 1. The number of nitrogens with zero attached hydrogens (tertiary/aromatic N) is 2. The second kappa shape index (κ2) is 6.27. The Balaban J connectivity index is 1.78. The fourth-order valence-corrected chi connectivity index (χ4v) is 2.02. The summed E-state index contributed by atoms with van der Waals surface area (Å²) in [6.45, 7) is -0.288. The first-order valence-corrected chi connectivity index (χ1v) is 6.79. The Morgan fingerprint density at radius 3 is 2.83 bits per heavy atom. The summed E-state index contributed by atoms with van der Waals surface area (Å²) in [7, 11) is 0. The first-order valence-electron chi connectivity index (χ1n) is 6.79. The van der Waals surface area contributed by atoms with E-state index in [2.05, 4.69) is 10.4 Å². The molecule has 116 valence electrons. The van der Waals surface area contributed by atoms with E-state index in [0.717, 1.165) is 4.68 Å². The molecule has 1 aromatic carbocycles. The Labute approximate surface area is 130 Å². The highest BCUT2D eigenvalue weighted by molar-refractivity contribution is 5.90. The second-order valence-corrected chi connectivity index (χ2v) is 4.75. The quantitative estimate of drug-likeness (QED) is 0.801. The number of hydrogen-bond acceptors (Lipinski definition) is 4. The average Bonchev–Trinajstić information content (AvgIpc) is 3.04. The molecular weight excluding hydrogens is 301 g/mol. The van der Waals surface area contributed by atoms with Gasteiger partial charge in [-0.05, 0) is 36.4 Å². The van der Waals surface area contributed by atoms with Crippen LogP contribution in [0.2, 0.25) is 0 Å². The van der Waals surface area contributed by atoms with Gasteiger partial charge in [-0.3, -0.25) is 9.59 Å². The lowest BCUT2D eigenvalue weighted by Crippen LogP contribution is -2.29. The van der Waals surface area contributed by atoms with Gasteiger partial charge in [0.1, 0.15) is 18.1 Å². The Kier molecular flexibility index (Phi) is 4.01. The third-order valence-corrected chi connectivity index (χ3v) is 3.04. The van der Waals surface area contributed by atoms with Crippen LogP contribution in [0.4, 0.5) is 10.1 Å². The Hall–Kier alpha value is -3.22. The van der Waals surface area contributed by atoms with Crippen molar-refractivity contribution in [2.24, 2.45) is 0 Å². The number of hydrogen-bond donors (Lipinski definition) is 1. The molecule has 0 fully saturated rings. The molecule has 0 aliphatic rings. The number of anilines is 1. The maximum atomic E-state index is 13.1. The number of nitrogens with one attached hydrogen (secondary N) is 1. The maximum absolute atomic E-state index is 13.1. The molecule has 3 aromatic rings. The number of amides is 1. The number of carbonyl (C=O) groups excluding carboxylic acids is 1. The van der Waals surface area contributed by atoms with Crippen molar-refractivity contribution in [1.82, 2.24) is 9.78 Å². The van der Waals surface area contributed by atoms with Gasteiger partial charge in [0.25, 0.3) is 5.56 Å². The summed E-state index contributed by atoms with van der Waals surface area (Å²) in [6, 6.07) is 11.7. The van der Waals surface area contributed by atoms with E-state index in [4.69, 9.17) is 4.42 Å². The van der Waals surface area contributed by atoms with Crippen LogP contribution in [0.15, 0.2) is 64.0 Å². The highest BCUT2D eigenvalue weighted by atomic mass is 19.1. The average molecular weight is 313 g/mol. The van der Waals surface area contributed by atoms with Crippen LogP contribution in [0.5, 0.6) is 0 Å². The third-order valence-electron chi connectivity index (χ3n) is 3.04. The summed E-state index contributed by atoms with van der Waals surface area (Å²) in [5, 5.41) is 6.60. The van der Waals surface area contributed by atoms with E-state index in [0.29, 0.717) is 17.1 Å². The minimum atomic E-state index is -0.484. The van der Waals surface area contributed by atoms with E-state index in [1.807, 2.05) is 0 Å². The molecule has 6 nitrogen and oxygen atoms in total. The highest BCUT2D eigenvalue weighted by Crippen LogP contribution is 2.15. The number of rotatable bonds is 4. The van der Waals surface area contributed by atoms with Crippen LogP contribution in [-0.2, 0) is 11.3 Å². The first kappa shape index (κ1) is 14.7. The Morgan fingerprint density at radius 1 is 1.22 bits per heavy atom. The van der Waals surface area contributed by atoms with E-state index in [-0.39, 0.29) is 6.54 Å².